The van der Waals surface area contributed by atoms with Crippen LogP contribution in [0.15, 0.2) is 24.7 Å². The first kappa shape index (κ1) is 12.8. The van der Waals surface area contributed by atoms with Crippen LogP contribution in [-0.4, -0.2) is 48.7 Å². The van der Waals surface area contributed by atoms with Gasteiger partial charge in [0.25, 0.3) is 5.91 Å². The number of aliphatic carboxylic acids is 1. The number of aromatic amines is 1. The first-order valence-electron chi connectivity index (χ1n) is 5.54. The van der Waals surface area contributed by atoms with Crippen molar-refractivity contribution in [1.82, 2.24) is 24.6 Å². The fourth-order valence-corrected chi connectivity index (χ4v) is 1.69. The molecular formula is C11H13N5O3. The second-order valence-corrected chi connectivity index (χ2v) is 4.01. The fourth-order valence-electron chi connectivity index (χ4n) is 1.69. The highest BCUT2D eigenvalue weighted by Crippen LogP contribution is 2.07. The van der Waals surface area contributed by atoms with Crippen LogP contribution in [0.5, 0.6) is 0 Å². The summed E-state index contributed by atoms with van der Waals surface area (Å²) in [6, 6.07) is 3.22. The SMILES string of the molecule is CN(Cc1ncn[nH]1)C(=O)c1cccn1CC(=O)O. The molecule has 0 aliphatic carbocycles. The van der Waals surface area contributed by atoms with Crippen LogP contribution in [0.4, 0.5) is 0 Å². The second-order valence-electron chi connectivity index (χ2n) is 4.01. The number of nitrogens with zero attached hydrogens (tertiary/aromatic N) is 4. The molecular weight excluding hydrogens is 250 g/mol. The maximum absolute atomic E-state index is 12.2. The standard InChI is InChI=1S/C11H13N5O3/c1-15(5-9-12-7-13-14-9)11(19)8-3-2-4-16(8)6-10(17)18/h2-4,7H,5-6H2,1H3,(H,17,18)(H,12,13,14). The molecule has 2 aromatic rings. The van der Waals surface area contributed by atoms with E-state index in [0.717, 1.165) is 0 Å². The number of carboxylic acid groups (broad SMARTS) is 1. The summed E-state index contributed by atoms with van der Waals surface area (Å²) in [4.78, 5) is 28.3. The summed E-state index contributed by atoms with van der Waals surface area (Å²) in [5.74, 6) is -0.710. The normalized spacial score (nSPS) is 10.4. The van der Waals surface area contributed by atoms with Crippen LogP contribution < -0.4 is 0 Å². The van der Waals surface area contributed by atoms with Gasteiger partial charge in [-0.05, 0) is 12.1 Å². The molecule has 0 aliphatic heterocycles. The quantitative estimate of drug-likeness (QED) is 0.787. The van der Waals surface area contributed by atoms with Crippen LogP contribution in [0.25, 0.3) is 0 Å². The van der Waals surface area contributed by atoms with Gasteiger partial charge in [-0.15, -0.1) is 0 Å². The van der Waals surface area contributed by atoms with Crippen LogP contribution in [0.1, 0.15) is 16.3 Å². The summed E-state index contributed by atoms with van der Waals surface area (Å²) in [7, 11) is 1.61. The number of amides is 1. The van der Waals surface area contributed by atoms with Gasteiger partial charge in [-0.1, -0.05) is 0 Å². The Morgan fingerprint density at radius 2 is 2.32 bits per heavy atom. The zero-order valence-corrected chi connectivity index (χ0v) is 10.3. The summed E-state index contributed by atoms with van der Waals surface area (Å²) in [6.45, 7) is 0.0291. The molecule has 0 bridgehead atoms. The molecule has 0 saturated heterocycles. The molecule has 1 amide bonds. The minimum atomic E-state index is -0.997. The Bertz CT molecular complexity index is 575. The van der Waals surface area contributed by atoms with E-state index in [4.69, 9.17) is 5.11 Å². The van der Waals surface area contributed by atoms with Crippen molar-refractivity contribution in [2.24, 2.45) is 0 Å². The predicted molar refractivity (Wildman–Crippen MR) is 64.2 cm³/mol. The number of rotatable bonds is 5. The highest BCUT2D eigenvalue weighted by atomic mass is 16.4. The zero-order valence-electron chi connectivity index (χ0n) is 10.3. The minimum absolute atomic E-state index is 0.246. The highest BCUT2D eigenvalue weighted by Gasteiger charge is 2.17. The molecule has 0 aliphatic rings. The maximum atomic E-state index is 12.2. The third-order valence-electron chi connectivity index (χ3n) is 2.55. The van der Waals surface area contributed by atoms with Gasteiger partial charge in [-0.25, -0.2) is 4.98 Å². The fraction of sp³-hybridized carbons (Fsp3) is 0.273. The molecule has 100 valence electrons. The Morgan fingerprint density at radius 3 is 2.95 bits per heavy atom. The van der Waals surface area contributed by atoms with Gasteiger partial charge in [-0.3, -0.25) is 14.7 Å². The molecule has 0 unspecified atom stereocenters. The molecule has 0 radical (unpaired) electrons. The Balaban J connectivity index is 2.10. The largest absolute Gasteiger partial charge is 0.480 e. The third-order valence-corrected chi connectivity index (χ3v) is 2.55. The van der Waals surface area contributed by atoms with Crippen molar-refractivity contribution in [3.05, 3.63) is 36.2 Å². The van der Waals surface area contributed by atoms with Crippen molar-refractivity contribution in [3.63, 3.8) is 0 Å². The van der Waals surface area contributed by atoms with E-state index < -0.39 is 5.97 Å². The van der Waals surface area contributed by atoms with Crippen LogP contribution in [0.3, 0.4) is 0 Å². The topological polar surface area (TPSA) is 104 Å². The Hall–Kier alpha value is -2.64. The first-order valence-corrected chi connectivity index (χ1v) is 5.54. The third kappa shape index (κ3) is 2.97. The van der Waals surface area contributed by atoms with Crippen molar-refractivity contribution >= 4 is 11.9 Å². The zero-order chi connectivity index (χ0) is 13.8. The van der Waals surface area contributed by atoms with Crippen LogP contribution in [0, 0.1) is 0 Å². The van der Waals surface area contributed by atoms with Gasteiger partial charge in [0.2, 0.25) is 0 Å². The van der Waals surface area contributed by atoms with E-state index >= 15 is 0 Å². The number of carboxylic acids is 1. The molecule has 0 fully saturated rings. The van der Waals surface area contributed by atoms with Crippen molar-refractivity contribution in [3.8, 4) is 0 Å². The molecule has 0 atom stereocenters. The van der Waals surface area contributed by atoms with Gasteiger partial charge in [0, 0.05) is 13.2 Å². The molecule has 19 heavy (non-hydrogen) atoms. The van der Waals surface area contributed by atoms with Crippen molar-refractivity contribution < 1.29 is 14.7 Å². The van der Waals surface area contributed by atoms with Gasteiger partial charge in [0.1, 0.15) is 24.4 Å². The van der Waals surface area contributed by atoms with Crippen molar-refractivity contribution in [1.29, 1.82) is 0 Å². The van der Waals surface area contributed by atoms with Crippen molar-refractivity contribution in [2.45, 2.75) is 13.1 Å². The van der Waals surface area contributed by atoms with Gasteiger partial charge in [0.15, 0.2) is 0 Å². The summed E-state index contributed by atoms with van der Waals surface area (Å²) >= 11 is 0. The number of aromatic nitrogens is 4. The lowest BCUT2D eigenvalue weighted by Crippen LogP contribution is -2.29. The minimum Gasteiger partial charge on any atom is -0.480 e. The highest BCUT2D eigenvalue weighted by molar-refractivity contribution is 5.92. The molecule has 2 aromatic heterocycles. The van der Waals surface area contributed by atoms with E-state index in [1.165, 1.54) is 15.8 Å². The molecule has 2 N–H and O–H groups in total. The van der Waals surface area contributed by atoms with E-state index in [0.29, 0.717) is 11.5 Å². The van der Waals surface area contributed by atoms with Crippen molar-refractivity contribution in [2.75, 3.05) is 7.05 Å². The number of hydrogen-bond acceptors (Lipinski definition) is 4. The molecule has 0 aromatic carbocycles. The maximum Gasteiger partial charge on any atom is 0.323 e. The second kappa shape index (κ2) is 5.34. The first-order chi connectivity index (χ1) is 9.08. The lowest BCUT2D eigenvalue weighted by atomic mass is 10.3. The molecule has 2 heterocycles. The summed E-state index contributed by atoms with van der Waals surface area (Å²) < 4.78 is 1.39. The van der Waals surface area contributed by atoms with Crippen LogP contribution in [-0.2, 0) is 17.9 Å². The monoisotopic (exact) mass is 263 g/mol. The Morgan fingerprint density at radius 1 is 1.53 bits per heavy atom. The van der Waals surface area contributed by atoms with E-state index in [2.05, 4.69) is 15.2 Å². The Labute approximate surface area is 108 Å². The average Bonchev–Trinajstić information content (AvgIpc) is 2.98. The van der Waals surface area contributed by atoms with Gasteiger partial charge in [0.05, 0.1) is 6.54 Å². The van der Waals surface area contributed by atoms with Crippen LogP contribution in [0.2, 0.25) is 0 Å². The number of carbonyl (C=O) groups is 2. The number of hydrogen-bond donors (Lipinski definition) is 2. The van der Waals surface area contributed by atoms with Crippen LogP contribution >= 0.6 is 0 Å². The smallest absolute Gasteiger partial charge is 0.323 e. The molecule has 2 rings (SSSR count). The molecule has 0 spiro atoms. The average molecular weight is 263 g/mol. The number of H-pyrrole nitrogens is 1. The lowest BCUT2D eigenvalue weighted by Gasteiger charge is -2.16. The van der Waals surface area contributed by atoms with E-state index in [1.54, 1.807) is 25.4 Å². The molecule has 8 heteroatoms. The van der Waals surface area contributed by atoms with Gasteiger partial charge >= 0.3 is 5.97 Å². The Kier molecular flexibility index (Phi) is 3.60. The predicted octanol–water partition coefficient (Wildman–Crippen LogP) is -0.0370. The summed E-state index contributed by atoms with van der Waals surface area (Å²) in [5, 5.41) is 15.1. The summed E-state index contributed by atoms with van der Waals surface area (Å²) in [6.07, 6.45) is 2.92. The molecule has 0 saturated carbocycles. The lowest BCUT2D eigenvalue weighted by molar-refractivity contribution is -0.137. The van der Waals surface area contributed by atoms with Gasteiger partial charge in [-0.2, -0.15) is 5.10 Å². The number of nitrogens with one attached hydrogen (secondary N) is 1. The molecule has 8 nitrogen and oxygen atoms in total. The van der Waals surface area contributed by atoms with Gasteiger partial charge < -0.3 is 14.6 Å². The number of carbonyl (C=O) groups excluding carboxylic acids is 1. The van der Waals surface area contributed by atoms with E-state index in [9.17, 15) is 9.59 Å². The van der Waals surface area contributed by atoms with E-state index in [1.807, 2.05) is 0 Å². The van der Waals surface area contributed by atoms with E-state index in [-0.39, 0.29) is 19.0 Å². The summed E-state index contributed by atoms with van der Waals surface area (Å²) in [5.41, 5.74) is 0.324.